The third-order valence-electron chi connectivity index (χ3n) is 9.25. The molecule has 5 N–H and O–H groups in total. The first-order valence-electron chi connectivity index (χ1n) is 17.1. The molecule has 5 heterocycles. The van der Waals surface area contributed by atoms with Gasteiger partial charge in [0, 0.05) is 81.1 Å². The van der Waals surface area contributed by atoms with Crippen molar-refractivity contribution < 1.29 is 14.7 Å². The lowest BCUT2D eigenvalue weighted by Crippen LogP contribution is -2.34. The van der Waals surface area contributed by atoms with E-state index in [1.165, 1.54) is 6.92 Å². The summed E-state index contributed by atoms with van der Waals surface area (Å²) in [5.74, 6) is 0.125. The highest BCUT2D eigenvalue weighted by Crippen LogP contribution is 2.41. The van der Waals surface area contributed by atoms with Crippen LogP contribution in [0, 0.1) is 0 Å². The summed E-state index contributed by atoms with van der Waals surface area (Å²) in [6.45, 7) is 5.62. The zero-order chi connectivity index (χ0) is 35.5. The van der Waals surface area contributed by atoms with Gasteiger partial charge in [0.2, 0.25) is 5.91 Å². The van der Waals surface area contributed by atoms with E-state index >= 15 is 0 Å². The average Bonchev–Trinajstić information content (AvgIpc) is 3.75. The molecule has 0 radical (unpaired) electrons. The first-order chi connectivity index (χ1) is 24.7. The van der Waals surface area contributed by atoms with E-state index in [2.05, 4.69) is 42.3 Å². The van der Waals surface area contributed by atoms with Gasteiger partial charge in [0.05, 0.1) is 33.2 Å². The molecule has 0 aliphatic carbocycles. The van der Waals surface area contributed by atoms with E-state index in [9.17, 15) is 14.7 Å². The summed E-state index contributed by atoms with van der Waals surface area (Å²) in [5.41, 5.74) is 5.39. The Morgan fingerprint density at radius 2 is 1.75 bits per heavy atom. The highest BCUT2D eigenvalue weighted by atomic mass is 35.5. The Bertz CT molecular complexity index is 2090. The molecule has 1 fully saturated rings. The number of anilines is 3. The van der Waals surface area contributed by atoms with Crippen molar-refractivity contribution in [1.82, 2.24) is 35.3 Å². The van der Waals surface area contributed by atoms with Crippen LogP contribution in [0.2, 0.25) is 10.0 Å². The fourth-order valence-corrected chi connectivity index (χ4v) is 7.32. The molecule has 51 heavy (non-hydrogen) atoms. The molecule has 2 aromatic carbocycles. The Kier molecular flexibility index (Phi) is 10.5. The molecular formula is C37H39Cl2N9O3. The van der Waals surface area contributed by atoms with E-state index in [4.69, 9.17) is 28.2 Å². The quantitative estimate of drug-likeness (QED) is 0.105. The van der Waals surface area contributed by atoms with Crippen LogP contribution in [-0.2, 0) is 17.9 Å². The van der Waals surface area contributed by atoms with E-state index in [0.29, 0.717) is 69.2 Å². The lowest BCUT2D eigenvalue weighted by atomic mass is 10.0. The molecule has 3 aromatic heterocycles. The average molecular weight is 729 g/mol. The number of halogens is 2. The maximum absolute atomic E-state index is 13.5. The number of hydrogen-bond acceptors (Lipinski definition) is 9. The summed E-state index contributed by atoms with van der Waals surface area (Å²) < 4.78 is 1.87. The Morgan fingerprint density at radius 1 is 0.961 bits per heavy atom. The molecule has 2 aliphatic heterocycles. The predicted octanol–water partition coefficient (Wildman–Crippen LogP) is 5.92. The number of likely N-dealkylation sites (tertiary alicyclic amines) is 1. The van der Waals surface area contributed by atoms with Crippen LogP contribution in [-0.4, -0.2) is 73.9 Å². The van der Waals surface area contributed by atoms with Gasteiger partial charge in [-0.05, 0) is 55.2 Å². The number of nitrogens with zero attached hydrogens (tertiary/aromatic N) is 5. The summed E-state index contributed by atoms with van der Waals surface area (Å²) in [6.07, 6.45) is 5.94. The van der Waals surface area contributed by atoms with Crippen molar-refractivity contribution in [3.8, 4) is 11.1 Å². The maximum atomic E-state index is 13.5. The molecular weight excluding hydrogens is 689 g/mol. The van der Waals surface area contributed by atoms with Crippen LogP contribution < -0.4 is 21.3 Å². The normalized spacial score (nSPS) is 17.3. The van der Waals surface area contributed by atoms with Gasteiger partial charge in [0.15, 0.2) is 11.5 Å². The van der Waals surface area contributed by atoms with Gasteiger partial charge in [-0.15, -0.1) is 0 Å². The number of aliphatic hydroxyl groups excluding tert-OH is 1. The number of amides is 2. The predicted molar refractivity (Wildman–Crippen MR) is 199 cm³/mol. The van der Waals surface area contributed by atoms with Gasteiger partial charge in [-0.2, -0.15) is 5.10 Å². The molecule has 12 nitrogen and oxygen atoms in total. The number of carbonyl (C=O) groups is 2. The number of aliphatic hydroxyl groups is 1. The largest absolute Gasteiger partial charge is 0.392 e. The molecule has 5 aromatic rings. The third kappa shape index (κ3) is 7.85. The van der Waals surface area contributed by atoms with E-state index < -0.39 is 0 Å². The molecule has 0 bridgehead atoms. The minimum atomic E-state index is -0.370. The van der Waals surface area contributed by atoms with Gasteiger partial charge in [-0.3, -0.25) is 24.2 Å². The van der Waals surface area contributed by atoms with Crippen LogP contribution in [0.3, 0.4) is 0 Å². The van der Waals surface area contributed by atoms with Crippen LogP contribution in [0.4, 0.5) is 17.2 Å². The van der Waals surface area contributed by atoms with E-state index in [1.807, 2.05) is 53.3 Å². The number of benzene rings is 2. The molecule has 264 valence electrons. The number of carbonyl (C=O) groups excluding carboxylic acids is 2. The Balaban J connectivity index is 1.07. The van der Waals surface area contributed by atoms with Gasteiger partial charge in [0.25, 0.3) is 5.91 Å². The number of fused-ring (bicyclic) bond motifs is 2. The summed E-state index contributed by atoms with van der Waals surface area (Å²) in [4.78, 5) is 36.2. The zero-order valence-electron chi connectivity index (χ0n) is 28.1. The van der Waals surface area contributed by atoms with Gasteiger partial charge in [0.1, 0.15) is 5.52 Å². The molecule has 2 atom stereocenters. The van der Waals surface area contributed by atoms with E-state index in [-0.39, 0.29) is 24.0 Å². The summed E-state index contributed by atoms with van der Waals surface area (Å²) >= 11 is 14.0. The standard InChI is InChI=1S/C37H39Cl2N9O3/c1-22(49)40-13-14-41-28-9-4-15-48-32(28)18-31(46-48)37(51)45-30-8-3-6-27(34(30)39)26-5-2-7-29(33(26)38)44-36-35-24(10-12-42-36)17-23(19-43-35)20-47-16-11-25(50)21-47/h2-3,5-8,10,12,17-19,25,28,41,50H,4,9,11,13-16,20-21H2,1H3,(H,40,49)(H,42,44)(H,45,51)/t25-,28?/m1/s1. The first-order valence-corrected chi connectivity index (χ1v) is 17.8. The number of β-amino-alcohol motifs (C(OH)–C–C–N with tert-alkyl or cyclic N) is 1. The highest BCUT2D eigenvalue weighted by molar-refractivity contribution is 6.39. The number of pyridine rings is 2. The summed E-state index contributed by atoms with van der Waals surface area (Å²) in [7, 11) is 0. The van der Waals surface area contributed by atoms with Crippen LogP contribution >= 0.6 is 23.2 Å². The highest BCUT2D eigenvalue weighted by Gasteiger charge is 2.25. The molecule has 0 spiro atoms. The van der Waals surface area contributed by atoms with Crippen LogP contribution in [0.1, 0.15) is 54.0 Å². The van der Waals surface area contributed by atoms with E-state index in [0.717, 1.165) is 55.5 Å². The number of rotatable bonds is 11. The van der Waals surface area contributed by atoms with Gasteiger partial charge in [-0.25, -0.2) is 4.98 Å². The second kappa shape index (κ2) is 15.3. The number of aromatic nitrogens is 4. The monoisotopic (exact) mass is 727 g/mol. The lowest BCUT2D eigenvalue weighted by molar-refractivity contribution is -0.118. The van der Waals surface area contributed by atoms with Crippen molar-refractivity contribution in [3.05, 3.63) is 94.0 Å². The second-order valence-electron chi connectivity index (χ2n) is 13.0. The summed E-state index contributed by atoms with van der Waals surface area (Å²) in [6, 6.07) is 16.9. The molecule has 1 saturated heterocycles. The molecule has 2 amide bonds. The van der Waals surface area contributed by atoms with Crippen molar-refractivity contribution in [3.63, 3.8) is 0 Å². The van der Waals surface area contributed by atoms with Gasteiger partial charge < -0.3 is 26.4 Å². The first kappa shape index (κ1) is 34.8. The van der Waals surface area contributed by atoms with Crippen molar-refractivity contribution in [1.29, 1.82) is 0 Å². The fourth-order valence-electron chi connectivity index (χ4n) is 6.77. The Morgan fingerprint density at radius 3 is 2.51 bits per heavy atom. The minimum absolute atomic E-state index is 0.0319. The lowest BCUT2D eigenvalue weighted by Gasteiger charge is -2.24. The Hall–Kier alpha value is -4.59. The van der Waals surface area contributed by atoms with E-state index in [1.54, 1.807) is 12.3 Å². The fraction of sp³-hybridized carbons (Fsp3) is 0.324. The minimum Gasteiger partial charge on any atom is -0.392 e. The molecule has 14 heteroatoms. The zero-order valence-corrected chi connectivity index (χ0v) is 29.6. The van der Waals surface area contributed by atoms with Crippen LogP contribution in [0.5, 0.6) is 0 Å². The third-order valence-corrected chi connectivity index (χ3v) is 10.1. The van der Waals surface area contributed by atoms with Crippen molar-refractivity contribution in [2.45, 2.75) is 51.4 Å². The molecule has 0 saturated carbocycles. The number of nitrogens with one attached hydrogen (secondary N) is 4. The van der Waals surface area contributed by atoms with Gasteiger partial charge >= 0.3 is 0 Å². The maximum Gasteiger partial charge on any atom is 0.276 e. The smallest absolute Gasteiger partial charge is 0.276 e. The molecule has 2 aliphatic rings. The number of hydrogen-bond donors (Lipinski definition) is 5. The van der Waals surface area contributed by atoms with Crippen molar-refractivity contribution in [2.75, 3.05) is 36.8 Å². The second-order valence-corrected chi connectivity index (χ2v) is 13.7. The Labute approximate surface area is 305 Å². The number of aryl methyl sites for hydroxylation is 1. The topological polar surface area (TPSA) is 149 Å². The molecule has 7 rings (SSSR count). The van der Waals surface area contributed by atoms with Crippen molar-refractivity contribution in [2.24, 2.45) is 0 Å². The van der Waals surface area contributed by atoms with Crippen molar-refractivity contribution >= 4 is 63.1 Å². The SMILES string of the molecule is CC(=O)NCCNC1CCCn2nc(C(=O)Nc3cccc(-c4cccc(Nc5nccc6cc(CN7CC[C@@H](O)C7)cnc56)c4Cl)c3Cl)cc21. The molecule has 1 unspecified atom stereocenters. The summed E-state index contributed by atoms with van der Waals surface area (Å²) in [5, 5.41) is 28.7. The van der Waals surface area contributed by atoms with Gasteiger partial charge in [-0.1, -0.05) is 47.5 Å². The van der Waals surface area contributed by atoms with Crippen LogP contribution in [0.25, 0.3) is 22.0 Å². The van der Waals surface area contributed by atoms with Crippen LogP contribution in [0.15, 0.2) is 67.0 Å².